The van der Waals surface area contributed by atoms with Crippen LogP contribution in [0.5, 0.6) is 0 Å². The van der Waals surface area contributed by atoms with Crippen LogP contribution < -0.4 is 10.6 Å². The molecule has 2 N–H and O–H groups in total. The van der Waals surface area contributed by atoms with E-state index in [1.165, 1.54) is 6.08 Å². The third-order valence-corrected chi connectivity index (χ3v) is 6.96. The molecule has 0 saturated carbocycles. The first kappa shape index (κ1) is 25.4. The highest BCUT2D eigenvalue weighted by molar-refractivity contribution is 9.10. The molecule has 0 bridgehead atoms. The van der Waals surface area contributed by atoms with E-state index >= 15 is 0 Å². The molecule has 1 fully saturated rings. The van der Waals surface area contributed by atoms with E-state index in [-0.39, 0.29) is 32.6 Å². The fraction of sp³-hybridized carbons (Fsp3) is 0.318. The zero-order valence-electron chi connectivity index (χ0n) is 16.6. The molecule has 32 heavy (non-hydrogen) atoms. The number of piperidine rings is 1. The average Bonchev–Trinajstić information content (AvgIpc) is 2.71. The summed E-state index contributed by atoms with van der Waals surface area (Å²) in [6.45, 7) is 1.69. The van der Waals surface area contributed by atoms with Crippen LogP contribution in [0.2, 0.25) is 15.1 Å². The highest BCUT2D eigenvalue weighted by atomic mass is 79.9. The number of hydrogen-bond donors (Lipinski definition) is 2. The monoisotopic (exact) mass is 568 g/mol. The molecule has 0 spiro atoms. The second kappa shape index (κ2) is 10.8. The van der Waals surface area contributed by atoms with E-state index < -0.39 is 12.1 Å². The quantitative estimate of drug-likeness (QED) is 0.372. The topological polar surface area (TPSA) is 41.1 Å². The molecule has 3 nitrogen and oxygen atoms in total. The standard InChI is InChI=1S/C22H19BrCl3F3N2O/c23-17-9-12(1-3-15(17)21(32)31-14-5-7-30-8-6-14)2-4-16(22(27,28)29)13-10-18(24)20(26)19(25)11-13/h1-4,9-11,14,16,30H,5-8H2,(H,31,32). The average molecular weight is 571 g/mol. The molecule has 0 radical (unpaired) electrons. The minimum atomic E-state index is -4.57. The van der Waals surface area contributed by atoms with Crippen LogP contribution >= 0.6 is 50.7 Å². The lowest BCUT2D eigenvalue weighted by molar-refractivity contribution is -0.139. The van der Waals surface area contributed by atoms with Crippen molar-refractivity contribution in [1.29, 1.82) is 0 Å². The van der Waals surface area contributed by atoms with Gasteiger partial charge in [0.2, 0.25) is 0 Å². The van der Waals surface area contributed by atoms with Gasteiger partial charge in [-0.25, -0.2) is 0 Å². The molecule has 0 aliphatic carbocycles. The Balaban J connectivity index is 1.80. The summed E-state index contributed by atoms with van der Waals surface area (Å²) in [6.07, 6.45) is -0.507. The van der Waals surface area contributed by atoms with Crippen molar-refractivity contribution in [2.75, 3.05) is 13.1 Å². The minimum absolute atomic E-state index is 0.00396. The van der Waals surface area contributed by atoms with Crippen molar-refractivity contribution in [3.63, 3.8) is 0 Å². The van der Waals surface area contributed by atoms with Crippen LogP contribution in [-0.2, 0) is 0 Å². The summed E-state index contributed by atoms with van der Waals surface area (Å²) in [5.74, 6) is -2.16. The predicted octanol–water partition coefficient (Wildman–Crippen LogP) is 7.25. The van der Waals surface area contributed by atoms with Gasteiger partial charge in [0.1, 0.15) is 0 Å². The van der Waals surface area contributed by atoms with E-state index in [1.54, 1.807) is 18.2 Å². The molecule has 2 aromatic rings. The molecule has 1 amide bonds. The van der Waals surface area contributed by atoms with Crippen LogP contribution in [0, 0.1) is 0 Å². The van der Waals surface area contributed by atoms with Crippen molar-refractivity contribution >= 4 is 62.7 Å². The molecule has 1 atom stereocenters. The van der Waals surface area contributed by atoms with Crippen molar-refractivity contribution in [3.8, 4) is 0 Å². The van der Waals surface area contributed by atoms with Gasteiger partial charge in [0.25, 0.3) is 5.91 Å². The molecule has 1 aliphatic rings. The number of hydrogen-bond acceptors (Lipinski definition) is 2. The summed E-state index contributed by atoms with van der Waals surface area (Å²) < 4.78 is 41.6. The maximum atomic E-state index is 13.7. The van der Waals surface area contributed by atoms with Crippen molar-refractivity contribution < 1.29 is 18.0 Å². The SMILES string of the molecule is O=C(NC1CCNCC1)c1ccc(C=CC(c2cc(Cl)c(Cl)c(Cl)c2)C(F)(F)F)cc1Br. The molecule has 1 unspecified atom stereocenters. The Labute approximate surface area is 207 Å². The molecular formula is C22H19BrCl3F3N2O. The number of nitrogens with one attached hydrogen (secondary N) is 2. The van der Waals surface area contributed by atoms with Gasteiger partial charge in [-0.3, -0.25) is 4.79 Å². The van der Waals surface area contributed by atoms with Crippen molar-refractivity contribution in [1.82, 2.24) is 10.6 Å². The van der Waals surface area contributed by atoms with Gasteiger partial charge in [-0.2, -0.15) is 13.2 Å². The molecule has 3 rings (SSSR count). The summed E-state index contributed by atoms with van der Waals surface area (Å²) in [4.78, 5) is 12.6. The van der Waals surface area contributed by atoms with Gasteiger partial charge in [-0.15, -0.1) is 0 Å². The Kier molecular flexibility index (Phi) is 8.55. The van der Waals surface area contributed by atoms with Gasteiger partial charge in [-0.05, 0) is 77.3 Å². The maximum absolute atomic E-state index is 13.7. The molecule has 2 aromatic carbocycles. The number of rotatable bonds is 5. The van der Waals surface area contributed by atoms with Crippen LogP contribution in [0.3, 0.4) is 0 Å². The zero-order valence-corrected chi connectivity index (χ0v) is 20.4. The molecule has 1 aliphatic heterocycles. The Bertz CT molecular complexity index is 1000. The second-order valence-corrected chi connectivity index (χ2v) is 9.46. The highest BCUT2D eigenvalue weighted by Gasteiger charge is 2.39. The number of carbonyl (C=O) groups is 1. The van der Waals surface area contributed by atoms with Crippen LogP contribution in [0.15, 0.2) is 40.9 Å². The Morgan fingerprint density at radius 1 is 1.12 bits per heavy atom. The van der Waals surface area contributed by atoms with E-state index in [9.17, 15) is 18.0 Å². The third kappa shape index (κ3) is 6.41. The number of halogens is 7. The van der Waals surface area contributed by atoms with Crippen LogP contribution in [0.1, 0.15) is 40.2 Å². The summed E-state index contributed by atoms with van der Waals surface area (Å²) >= 11 is 21.0. The summed E-state index contributed by atoms with van der Waals surface area (Å²) in [5, 5.41) is 6.12. The van der Waals surface area contributed by atoms with E-state index in [2.05, 4.69) is 26.6 Å². The minimum Gasteiger partial charge on any atom is -0.349 e. The number of carbonyl (C=O) groups excluding carboxylic acids is 1. The number of allylic oxidation sites excluding steroid dienone is 1. The normalized spacial score (nSPS) is 16.3. The lowest BCUT2D eigenvalue weighted by atomic mass is 9.97. The van der Waals surface area contributed by atoms with Crippen molar-refractivity contribution in [3.05, 3.63) is 72.6 Å². The van der Waals surface area contributed by atoms with Crippen LogP contribution in [0.25, 0.3) is 6.08 Å². The number of alkyl halides is 3. The fourth-order valence-corrected chi connectivity index (χ4v) is 4.61. The predicted molar refractivity (Wildman–Crippen MR) is 127 cm³/mol. The lowest BCUT2D eigenvalue weighted by Crippen LogP contribution is -2.42. The van der Waals surface area contributed by atoms with E-state index in [1.807, 2.05) is 0 Å². The van der Waals surface area contributed by atoms with Crippen molar-refractivity contribution in [2.24, 2.45) is 0 Å². The second-order valence-electron chi connectivity index (χ2n) is 7.41. The van der Waals surface area contributed by atoms with Gasteiger partial charge in [0.15, 0.2) is 0 Å². The molecule has 1 saturated heterocycles. The number of benzene rings is 2. The molecule has 172 valence electrons. The zero-order chi connectivity index (χ0) is 23.5. The third-order valence-electron chi connectivity index (χ3n) is 5.11. The van der Waals surface area contributed by atoms with Gasteiger partial charge < -0.3 is 10.6 Å². The first-order chi connectivity index (χ1) is 15.1. The first-order valence-electron chi connectivity index (χ1n) is 9.76. The van der Waals surface area contributed by atoms with Gasteiger partial charge >= 0.3 is 6.18 Å². The summed E-state index contributed by atoms with van der Waals surface area (Å²) in [7, 11) is 0. The lowest BCUT2D eigenvalue weighted by Gasteiger charge is -2.23. The molecule has 0 aromatic heterocycles. The Morgan fingerprint density at radius 2 is 1.75 bits per heavy atom. The highest BCUT2D eigenvalue weighted by Crippen LogP contribution is 2.41. The van der Waals surface area contributed by atoms with E-state index in [0.29, 0.717) is 15.6 Å². The summed E-state index contributed by atoms with van der Waals surface area (Å²) in [6, 6.07) is 7.18. The Morgan fingerprint density at radius 3 is 2.31 bits per heavy atom. The molecule has 10 heteroatoms. The maximum Gasteiger partial charge on any atom is 0.399 e. The smallest absolute Gasteiger partial charge is 0.349 e. The summed E-state index contributed by atoms with van der Waals surface area (Å²) in [5.41, 5.74) is 0.796. The fourth-order valence-electron chi connectivity index (χ4n) is 3.42. The van der Waals surface area contributed by atoms with Crippen LogP contribution in [0.4, 0.5) is 13.2 Å². The van der Waals surface area contributed by atoms with Gasteiger partial charge in [0, 0.05) is 10.5 Å². The van der Waals surface area contributed by atoms with Gasteiger partial charge in [0.05, 0.1) is 26.5 Å². The van der Waals surface area contributed by atoms with Gasteiger partial charge in [-0.1, -0.05) is 53.0 Å². The largest absolute Gasteiger partial charge is 0.399 e. The Hall–Kier alpha value is -1.25. The van der Waals surface area contributed by atoms with Crippen LogP contribution in [-0.4, -0.2) is 31.2 Å². The molecular weight excluding hydrogens is 552 g/mol. The number of amides is 1. The first-order valence-corrected chi connectivity index (χ1v) is 11.7. The van der Waals surface area contributed by atoms with E-state index in [4.69, 9.17) is 34.8 Å². The molecule has 1 heterocycles. The van der Waals surface area contributed by atoms with E-state index in [0.717, 1.165) is 44.1 Å². The van der Waals surface area contributed by atoms with Crippen molar-refractivity contribution in [2.45, 2.75) is 31.0 Å².